The maximum atomic E-state index is 12.3. The monoisotopic (exact) mass is 348 g/mol. The van der Waals surface area contributed by atoms with Gasteiger partial charge in [-0.3, -0.25) is 4.79 Å². The van der Waals surface area contributed by atoms with Gasteiger partial charge >= 0.3 is 0 Å². The first-order valence-electron chi connectivity index (χ1n) is 8.91. The van der Waals surface area contributed by atoms with Crippen LogP contribution in [0.3, 0.4) is 0 Å². The molecular formula is C22H24N2O2. The van der Waals surface area contributed by atoms with Crippen LogP contribution in [-0.2, 0) is 11.2 Å². The third-order valence-electron chi connectivity index (χ3n) is 3.90. The molecule has 0 spiro atoms. The van der Waals surface area contributed by atoms with Crippen molar-refractivity contribution in [3.8, 4) is 11.8 Å². The number of aryl methyl sites for hydroxylation is 1. The van der Waals surface area contributed by atoms with Gasteiger partial charge < -0.3 is 10.1 Å². The quantitative estimate of drug-likeness (QED) is 0.541. The van der Waals surface area contributed by atoms with E-state index in [4.69, 9.17) is 4.74 Å². The van der Waals surface area contributed by atoms with Crippen molar-refractivity contribution in [2.75, 3.05) is 11.9 Å². The Labute approximate surface area is 155 Å². The van der Waals surface area contributed by atoms with Crippen molar-refractivity contribution in [3.63, 3.8) is 0 Å². The number of hydrogen-bond acceptors (Lipinski definition) is 3. The first-order chi connectivity index (χ1) is 12.7. The molecule has 0 fully saturated rings. The van der Waals surface area contributed by atoms with Crippen LogP contribution in [0, 0.1) is 11.3 Å². The van der Waals surface area contributed by atoms with E-state index in [1.807, 2.05) is 61.5 Å². The summed E-state index contributed by atoms with van der Waals surface area (Å²) in [5.41, 5.74) is 2.76. The molecule has 0 heterocycles. The van der Waals surface area contributed by atoms with Gasteiger partial charge in [0, 0.05) is 5.69 Å². The fourth-order valence-electron chi connectivity index (χ4n) is 2.48. The Morgan fingerprint density at radius 2 is 1.81 bits per heavy atom. The van der Waals surface area contributed by atoms with E-state index in [-0.39, 0.29) is 5.57 Å². The average molecular weight is 348 g/mol. The van der Waals surface area contributed by atoms with E-state index in [1.165, 1.54) is 5.56 Å². The molecule has 4 heteroatoms. The Balaban J connectivity index is 2.04. The number of amides is 1. The molecule has 4 nitrogen and oxygen atoms in total. The Morgan fingerprint density at radius 3 is 2.38 bits per heavy atom. The third kappa shape index (κ3) is 5.78. The van der Waals surface area contributed by atoms with Crippen LogP contribution in [0.5, 0.6) is 5.75 Å². The Kier molecular flexibility index (Phi) is 7.45. The second kappa shape index (κ2) is 10.0. The Hall–Kier alpha value is -3.06. The van der Waals surface area contributed by atoms with Crippen LogP contribution in [0.25, 0.3) is 6.08 Å². The highest BCUT2D eigenvalue weighted by Gasteiger charge is 2.09. The van der Waals surface area contributed by atoms with Gasteiger partial charge in [0.1, 0.15) is 17.4 Å². The number of carbonyl (C=O) groups is 1. The summed E-state index contributed by atoms with van der Waals surface area (Å²) < 4.78 is 5.39. The largest absolute Gasteiger partial charge is 0.494 e. The fraction of sp³-hybridized carbons (Fsp3) is 0.273. The van der Waals surface area contributed by atoms with Crippen molar-refractivity contribution in [1.82, 2.24) is 0 Å². The summed E-state index contributed by atoms with van der Waals surface area (Å²) in [6, 6.07) is 17.0. The van der Waals surface area contributed by atoms with Crippen LogP contribution >= 0.6 is 0 Å². The van der Waals surface area contributed by atoms with Crippen LogP contribution in [0.1, 0.15) is 37.8 Å². The summed E-state index contributed by atoms with van der Waals surface area (Å²) in [6.07, 6.45) is 4.90. The molecule has 2 aromatic rings. The molecule has 1 N–H and O–H groups in total. The highest BCUT2D eigenvalue weighted by molar-refractivity contribution is 6.09. The number of ether oxygens (including phenoxy) is 1. The molecule has 134 valence electrons. The van der Waals surface area contributed by atoms with Crippen LogP contribution in [0.4, 0.5) is 5.69 Å². The molecule has 0 radical (unpaired) electrons. The molecule has 0 saturated carbocycles. The molecule has 0 bridgehead atoms. The number of anilines is 1. The summed E-state index contributed by atoms with van der Waals surface area (Å²) in [5.74, 6) is 0.346. The molecule has 0 saturated heterocycles. The zero-order chi connectivity index (χ0) is 18.8. The minimum atomic E-state index is -0.414. The maximum absolute atomic E-state index is 12.3. The predicted molar refractivity (Wildman–Crippen MR) is 105 cm³/mol. The minimum absolute atomic E-state index is 0.0595. The van der Waals surface area contributed by atoms with Crippen molar-refractivity contribution < 1.29 is 9.53 Å². The van der Waals surface area contributed by atoms with E-state index in [0.29, 0.717) is 12.3 Å². The summed E-state index contributed by atoms with van der Waals surface area (Å²) in [6.45, 7) is 4.68. The van der Waals surface area contributed by atoms with Crippen molar-refractivity contribution in [2.45, 2.75) is 33.1 Å². The third-order valence-corrected chi connectivity index (χ3v) is 3.90. The van der Waals surface area contributed by atoms with Gasteiger partial charge in [-0.25, -0.2) is 0 Å². The lowest BCUT2D eigenvalue weighted by molar-refractivity contribution is -0.112. The number of benzene rings is 2. The van der Waals surface area contributed by atoms with Crippen LogP contribution in [-0.4, -0.2) is 12.5 Å². The first kappa shape index (κ1) is 19.3. The average Bonchev–Trinajstić information content (AvgIpc) is 2.67. The van der Waals surface area contributed by atoms with E-state index >= 15 is 0 Å². The second-order valence-electron chi connectivity index (χ2n) is 5.93. The van der Waals surface area contributed by atoms with Gasteiger partial charge in [-0.05, 0) is 61.2 Å². The van der Waals surface area contributed by atoms with Gasteiger partial charge in [0.15, 0.2) is 0 Å². The van der Waals surface area contributed by atoms with Gasteiger partial charge in [0.2, 0.25) is 0 Å². The van der Waals surface area contributed by atoms with Crippen molar-refractivity contribution in [3.05, 3.63) is 65.2 Å². The van der Waals surface area contributed by atoms with Gasteiger partial charge in [0.05, 0.1) is 6.61 Å². The summed E-state index contributed by atoms with van der Waals surface area (Å²) >= 11 is 0. The molecule has 0 aromatic heterocycles. The van der Waals surface area contributed by atoms with Crippen LogP contribution < -0.4 is 10.1 Å². The van der Waals surface area contributed by atoms with Crippen molar-refractivity contribution in [1.29, 1.82) is 5.26 Å². The van der Waals surface area contributed by atoms with E-state index < -0.39 is 5.91 Å². The van der Waals surface area contributed by atoms with E-state index in [2.05, 4.69) is 12.2 Å². The highest BCUT2D eigenvalue weighted by Crippen LogP contribution is 2.16. The van der Waals surface area contributed by atoms with Crippen LogP contribution in [0.2, 0.25) is 0 Å². The number of nitriles is 1. The van der Waals surface area contributed by atoms with Gasteiger partial charge in [-0.1, -0.05) is 37.6 Å². The summed E-state index contributed by atoms with van der Waals surface area (Å²) in [5, 5.41) is 12.1. The zero-order valence-electron chi connectivity index (χ0n) is 15.3. The molecule has 0 unspecified atom stereocenters. The number of hydrogen-bond donors (Lipinski definition) is 1. The highest BCUT2D eigenvalue weighted by atomic mass is 16.5. The molecule has 0 atom stereocenters. The van der Waals surface area contributed by atoms with Gasteiger partial charge in [-0.15, -0.1) is 0 Å². The van der Waals surface area contributed by atoms with E-state index in [9.17, 15) is 10.1 Å². The molecule has 0 aliphatic rings. The number of nitrogens with zero attached hydrogens (tertiary/aromatic N) is 1. The molecule has 0 aliphatic heterocycles. The summed E-state index contributed by atoms with van der Waals surface area (Å²) in [7, 11) is 0. The van der Waals surface area contributed by atoms with Gasteiger partial charge in [-0.2, -0.15) is 5.26 Å². The lowest BCUT2D eigenvalue weighted by Gasteiger charge is -2.06. The first-order valence-corrected chi connectivity index (χ1v) is 8.91. The SMILES string of the molecule is CCCCc1ccc(NC(=O)/C(C#N)=C/c2ccc(OCC)cc2)cc1. The smallest absolute Gasteiger partial charge is 0.266 e. The van der Waals surface area contributed by atoms with E-state index in [0.717, 1.165) is 30.6 Å². The number of rotatable bonds is 8. The fourth-order valence-corrected chi connectivity index (χ4v) is 2.48. The minimum Gasteiger partial charge on any atom is -0.494 e. The molecular weight excluding hydrogens is 324 g/mol. The zero-order valence-corrected chi connectivity index (χ0v) is 15.3. The second-order valence-corrected chi connectivity index (χ2v) is 5.93. The molecule has 1 amide bonds. The Morgan fingerprint density at radius 1 is 1.12 bits per heavy atom. The Bertz CT molecular complexity index is 784. The van der Waals surface area contributed by atoms with Crippen LogP contribution in [0.15, 0.2) is 54.1 Å². The normalized spacial score (nSPS) is 10.9. The molecule has 2 rings (SSSR count). The lowest BCUT2D eigenvalue weighted by Crippen LogP contribution is -2.13. The number of nitrogens with one attached hydrogen (secondary N) is 1. The van der Waals surface area contributed by atoms with Gasteiger partial charge in [0.25, 0.3) is 5.91 Å². The standard InChI is InChI=1S/C22H24N2O2/c1-3-5-6-17-7-11-20(12-8-17)24-22(25)19(16-23)15-18-9-13-21(14-10-18)26-4-2/h7-15H,3-6H2,1-2H3,(H,24,25)/b19-15+. The molecule has 0 aliphatic carbocycles. The predicted octanol–water partition coefficient (Wildman–Crippen LogP) is 4.97. The lowest BCUT2D eigenvalue weighted by atomic mass is 10.1. The molecule has 2 aromatic carbocycles. The summed E-state index contributed by atoms with van der Waals surface area (Å²) in [4.78, 5) is 12.3. The number of carbonyl (C=O) groups excluding carboxylic acids is 1. The maximum Gasteiger partial charge on any atom is 0.266 e. The van der Waals surface area contributed by atoms with Crippen molar-refractivity contribution >= 4 is 17.7 Å². The van der Waals surface area contributed by atoms with Crippen molar-refractivity contribution in [2.24, 2.45) is 0 Å². The molecule has 26 heavy (non-hydrogen) atoms. The number of unbranched alkanes of at least 4 members (excludes halogenated alkanes) is 1. The topological polar surface area (TPSA) is 62.1 Å². The van der Waals surface area contributed by atoms with E-state index in [1.54, 1.807) is 6.08 Å².